The minimum Gasteiger partial charge on any atom is -0.356 e. The normalized spacial score (nSPS) is 17.6. The van der Waals surface area contributed by atoms with E-state index in [1.807, 2.05) is 30.6 Å². The smallest absolute Gasteiger partial charge is 0.128 e. The first kappa shape index (κ1) is 16.1. The molecule has 1 aliphatic rings. The summed E-state index contributed by atoms with van der Waals surface area (Å²) in [6, 6.07) is 7.96. The van der Waals surface area contributed by atoms with Crippen LogP contribution < -0.4 is 4.90 Å². The lowest BCUT2D eigenvalue weighted by Gasteiger charge is -2.33. The van der Waals surface area contributed by atoms with Gasteiger partial charge in [-0.3, -0.25) is 4.98 Å². The minimum absolute atomic E-state index is 0.401. The van der Waals surface area contributed by atoms with Crippen molar-refractivity contribution in [2.24, 2.45) is 0 Å². The molecule has 0 N–H and O–H groups in total. The molecule has 1 atom stereocenters. The number of imidazole rings is 1. The van der Waals surface area contributed by atoms with Gasteiger partial charge < -0.3 is 9.47 Å². The van der Waals surface area contributed by atoms with Gasteiger partial charge in [0, 0.05) is 50.0 Å². The third-order valence-corrected chi connectivity index (χ3v) is 4.87. The molecule has 0 unspecified atom stereocenters. The topological polar surface area (TPSA) is 46.8 Å². The first-order chi connectivity index (χ1) is 12.3. The Morgan fingerprint density at radius 2 is 2.08 bits per heavy atom. The molecule has 0 bridgehead atoms. The lowest BCUT2D eigenvalue weighted by molar-refractivity contribution is 0.474. The molecule has 0 saturated carbocycles. The zero-order valence-corrected chi connectivity index (χ0v) is 14.7. The van der Waals surface area contributed by atoms with Crippen molar-refractivity contribution in [1.29, 1.82) is 0 Å². The molecule has 0 aliphatic carbocycles. The Morgan fingerprint density at radius 1 is 1.12 bits per heavy atom. The van der Waals surface area contributed by atoms with E-state index in [0.717, 1.165) is 44.1 Å². The number of nitrogens with zero attached hydrogens (tertiary/aromatic N) is 5. The van der Waals surface area contributed by atoms with Crippen LogP contribution in [0, 0.1) is 0 Å². The van der Waals surface area contributed by atoms with Gasteiger partial charge in [-0.2, -0.15) is 0 Å². The van der Waals surface area contributed by atoms with Crippen LogP contribution >= 0.6 is 11.6 Å². The number of rotatable bonds is 4. The maximum absolute atomic E-state index is 5.96. The van der Waals surface area contributed by atoms with Crippen molar-refractivity contribution in [2.45, 2.75) is 25.3 Å². The Hall–Kier alpha value is -2.40. The molecule has 1 saturated heterocycles. The zero-order chi connectivity index (χ0) is 17.1. The number of hydrogen-bond acceptors (Lipinski definition) is 4. The Morgan fingerprint density at radius 3 is 2.88 bits per heavy atom. The van der Waals surface area contributed by atoms with Crippen LogP contribution in [0.3, 0.4) is 0 Å². The first-order valence-electron chi connectivity index (χ1n) is 8.56. The number of aromatic nitrogens is 4. The fourth-order valence-electron chi connectivity index (χ4n) is 3.45. The highest BCUT2D eigenvalue weighted by Crippen LogP contribution is 2.29. The highest BCUT2D eigenvalue weighted by Gasteiger charge is 2.25. The maximum Gasteiger partial charge on any atom is 0.128 e. The van der Waals surface area contributed by atoms with Gasteiger partial charge in [0.05, 0.1) is 11.6 Å². The summed E-state index contributed by atoms with van der Waals surface area (Å²) in [4.78, 5) is 15.7. The van der Waals surface area contributed by atoms with Crippen molar-refractivity contribution in [1.82, 2.24) is 19.5 Å². The van der Waals surface area contributed by atoms with Gasteiger partial charge in [0.15, 0.2) is 0 Å². The van der Waals surface area contributed by atoms with Crippen molar-refractivity contribution in [3.63, 3.8) is 0 Å². The van der Waals surface area contributed by atoms with E-state index in [4.69, 9.17) is 11.6 Å². The first-order valence-corrected chi connectivity index (χ1v) is 8.94. The Balaban J connectivity index is 1.52. The monoisotopic (exact) mass is 353 g/mol. The lowest BCUT2D eigenvalue weighted by atomic mass is 9.97. The Bertz CT molecular complexity index is 815. The molecular weight excluding hydrogens is 334 g/mol. The summed E-state index contributed by atoms with van der Waals surface area (Å²) in [7, 11) is 0. The van der Waals surface area contributed by atoms with E-state index < -0.39 is 0 Å². The summed E-state index contributed by atoms with van der Waals surface area (Å²) in [5.74, 6) is 2.53. The predicted molar refractivity (Wildman–Crippen MR) is 99.0 cm³/mol. The molecule has 4 rings (SSSR count). The minimum atomic E-state index is 0.401. The van der Waals surface area contributed by atoms with Crippen molar-refractivity contribution in [3.05, 3.63) is 71.7 Å². The van der Waals surface area contributed by atoms with Gasteiger partial charge in [0.25, 0.3) is 0 Å². The number of halogens is 1. The van der Waals surface area contributed by atoms with Crippen molar-refractivity contribution < 1.29 is 0 Å². The van der Waals surface area contributed by atoms with Gasteiger partial charge in [0.2, 0.25) is 0 Å². The van der Waals surface area contributed by atoms with Crippen LogP contribution in [0.4, 0.5) is 5.82 Å². The lowest BCUT2D eigenvalue weighted by Crippen LogP contribution is -2.35. The standard InChI is InChI=1S/C19H20ClN5/c20-17-5-6-18(23-12-17)24-9-2-4-16(14-24)19-22-8-10-25(19)13-15-3-1-7-21-11-15/h1,3,5-8,10-12,16H,2,4,9,13-14H2/t16-/m1/s1. The summed E-state index contributed by atoms with van der Waals surface area (Å²) >= 11 is 5.96. The number of pyridine rings is 2. The molecule has 0 amide bonds. The van der Waals surface area contributed by atoms with E-state index in [9.17, 15) is 0 Å². The Labute approximate surface area is 152 Å². The number of hydrogen-bond donors (Lipinski definition) is 0. The van der Waals surface area contributed by atoms with Crippen molar-refractivity contribution in [3.8, 4) is 0 Å². The van der Waals surface area contributed by atoms with Gasteiger partial charge in [-0.25, -0.2) is 9.97 Å². The van der Waals surface area contributed by atoms with Crippen LogP contribution in [0.25, 0.3) is 0 Å². The molecule has 4 heterocycles. The molecule has 0 spiro atoms. The molecule has 0 aromatic carbocycles. The summed E-state index contributed by atoms with van der Waals surface area (Å²) in [6.45, 7) is 2.76. The van der Waals surface area contributed by atoms with Gasteiger partial charge in [-0.05, 0) is 36.6 Å². The van der Waals surface area contributed by atoms with Crippen LogP contribution in [0.2, 0.25) is 5.02 Å². The van der Waals surface area contributed by atoms with Gasteiger partial charge >= 0.3 is 0 Å². The van der Waals surface area contributed by atoms with Crippen molar-refractivity contribution >= 4 is 17.4 Å². The second-order valence-corrected chi connectivity index (χ2v) is 6.83. The molecule has 1 fully saturated rings. The molecule has 128 valence electrons. The summed E-state index contributed by atoms with van der Waals surface area (Å²) in [5, 5.41) is 0.671. The van der Waals surface area contributed by atoms with E-state index in [1.54, 1.807) is 12.4 Å². The fourth-order valence-corrected chi connectivity index (χ4v) is 3.57. The van der Waals surface area contributed by atoms with Gasteiger partial charge in [-0.1, -0.05) is 17.7 Å². The summed E-state index contributed by atoms with van der Waals surface area (Å²) in [6.07, 6.45) is 11.7. The van der Waals surface area contributed by atoms with Gasteiger partial charge in [0.1, 0.15) is 11.6 Å². The number of anilines is 1. The Kier molecular flexibility index (Phi) is 4.65. The van der Waals surface area contributed by atoms with Gasteiger partial charge in [-0.15, -0.1) is 0 Å². The van der Waals surface area contributed by atoms with E-state index in [0.29, 0.717) is 10.9 Å². The summed E-state index contributed by atoms with van der Waals surface area (Å²) < 4.78 is 2.24. The average Bonchev–Trinajstić information content (AvgIpc) is 3.11. The van der Waals surface area contributed by atoms with Crippen LogP contribution in [0.1, 0.15) is 30.1 Å². The van der Waals surface area contributed by atoms with E-state index in [2.05, 4.69) is 36.7 Å². The highest BCUT2D eigenvalue weighted by molar-refractivity contribution is 6.30. The highest BCUT2D eigenvalue weighted by atomic mass is 35.5. The van der Waals surface area contributed by atoms with Crippen molar-refractivity contribution in [2.75, 3.05) is 18.0 Å². The molecule has 6 heteroatoms. The van der Waals surface area contributed by atoms with E-state index in [1.165, 1.54) is 5.56 Å². The molecule has 0 radical (unpaired) electrons. The maximum atomic E-state index is 5.96. The molecule has 1 aliphatic heterocycles. The van der Waals surface area contributed by atoms with Crippen LogP contribution in [-0.4, -0.2) is 32.6 Å². The van der Waals surface area contributed by atoms with Crippen LogP contribution in [0.15, 0.2) is 55.2 Å². The predicted octanol–water partition coefficient (Wildman–Crippen LogP) is 3.76. The van der Waals surface area contributed by atoms with Crippen LogP contribution in [0.5, 0.6) is 0 Å². The zero-order valence-electron chi connectivity index (χ0n) is 13.9. The molecule has 5 nitrogen and oxygen atoms in total. The van der Waals surface area contributed by atoms with E-state index in [-0.39, 0.29) is 0 Å². The van der Waals surface area contributed by atoms with Crippen LogP contribution in [-0.2, 0) is 6.54 Å². The average molecular weight is 354 g/mol. The SMILES string of the molecule is Clc1ccc(N2CCC[C@@H](c3nccn3Cc3cccnc3)C2)nc1. The molecule has 25 heavy (non-hydrogen) atoms. The molecular formula is C19H20ClN5. The third-order valence-electron chi connectivity index (χ3n) is 4.65. The quantitative estimate of drug-likeness (QED) is 0.716. The molecule has 3 aromatic rings. The fraction of sp³-hybridized carbons (Fsp3) is 0.316. The second-order valence-electron chi connectivity index (χ2n) is 6.39. The summed E-state index contributed by atoms with van der Waals surface area (Å²) in [5.41, 5.74) is 1.19. The largest absolute Gasteiger partial charge is 0.356 e. The third kappa shape index (κ3) is 3.66. The number of piperidine rings is 1. The van der Waals surface area contributed by atoms with E-state index >= 15 is 0 Å². The molecule has 3 aromatic heterocycles. The second kappa shape index (κ2) is 7.23.